The molecule has 2 unspecified atom stereocenters. The number of ether oxygens (including phenoxy) is 1. The highest BCUT2D eigenvalue weighted by molar-refractivity contribution is 7.99. The maximum atomic E-state index is 12.0. The van der Waals surface area contributed by atoms with Gasteiger partial charge in [0.05, 0.1) is 12.3 Å². The number of esters is 1. The first-order valence-electron chi connectivity index (χ1n) is 7.45. The van der Waals surface area contributed by atoms with E-state index in [9.17, 15) is 14.4 Å². The molecule has 0 heterocycles. The van der Waals surface area contributed by atoms with Gasteiger partial charge in [0.1, 0.15) is 12.9 Å². The summed E-state index contributed by atoms with van der Waals surface area (Å²) in [5, 5.41) is 2.68. The Bertz CT molecular complexity index is 573. The van der Waals surface area contributed by atoms with Gasteiger partial charge in [-0.2, -0.15) is 0 Å². The summed E-state index contributed by atoms with van der Waals surface area (Å²) in [6, 6.07) is 9.71. The highest BCUT2D eigenvalue weighted by atomic mass is 32.2. The molecule has 23 heavy (non-hydrogen) atoms. The Morgan fingerprint density at radius 2 is 2.04 bits per heavy atom. The van der Waals surface area contributed by atoms with E-state index in [0.29, 0.717) is 25.1 Å². The summed E-state index contributed by atoms with van der Waals surface area (Å²) in [5.74, 6) is -0.241. The molecule has 1 N–H and O–H groups in total. The third-order valence-corrected chi connectivity index (χ3v) is 4.32. The molecule has 2 rings (SSSR count). The second-order valence-corrected chi connectivity index (χ2v) is 6.27. The molecular weight excluding hydrogens is 314 g/mol. The Morgan fingerprint density at radius 1 is 1.26 bits per heavy atom. The van der Waals surface area contributed by atoms with Crippen molar-refractivity contribution in [2.24, 2.45) is 5.92 Å². The average molecular weight is 333 g/mol. The highest BCUT2D eigenvalue weighted by Gasteiger charge is 2.26. The van der Waals surface area contributed by atoms with E-state index in [4.69, 9.17) is 4.74 Å². The van der Waals surface area contributed by atoms with E-state index in [0.717, 1.165) is 4.90 Å². The lowest BCUT2D eigenvalue weighted by Crippen LogP contribution is -2.33. The number of thioether (sulfide) groups is 1. The van der Waals surface area contributed by atoms with Crippen molar-refractivity contribution < 1.29 is 19.1 Å². The second-order valence-electron chi connectivity index (χ2n) is 5.10. The fraction of sp³-hybridized carbons (Fsp3) is 0.353. The van der Waals surface area contributed by atoms with Gasteiger partial charge < -0.3 is 14.8 Å². The van der Waals surface area contributed by atoms with Crippen LogP contribution in [0.5, 0.6) is 0 Å². The topological polar surface area (TPSA) is 72.5 Å². The molecule has 1 aliphatic rings. The van der Waals surface area contributed by atoms with E-state index in [1.807, 2.05) is 30.3 Å². The van der Waals surface area contributed by atoms with Crippen LogP contribution in [-0.2, 0) is 19.1 Å². The third kappa shape index (κ3) is 5.90. The van der Waals surface area contributed by atoms with Gasteiger partial charge in [-0.3, -0.25) is 9.59 Å². The molecule has 1 amide bonds. The number of carbonyl (C=O) groups excluding carboxylic acids is 3. The van der Waals surface area contributed by atoms with Crippen LogP contribution >= 0.6 is 11.8 Å². The maximum Gasteiger partial charge on any atom is 0.312 e. The molecule has 0 aliphatic heterocycles. The second kappa shape index (κ2) is 9.15. The summed E-state index contributed by atoms with van der Waals surface area (Å²) in [7, 11) is 0. The van der Waals surface area contributed by atoms with E-state index in [1.165, 1.54) is 0 Å². The molecule has 0 bridgehead atoms. The summed E-state index contributed by atoms with van der Waals surface area (Å²) in [4.78, 5) is 34.7. The van der Waals surface area contributed by atoms with Gasteiger partial charge in [-0.25, -0.2) is 0 Å². The normalized spacial score (nSPS) is 19.3. The van der Waals surface area contributed by atoms with Gasteiger partial charge in [0.2, 0.25) is 5.91 Å². The molecule has 0 saturated carbocycles. The van der Waals surface area contributed by atoms with Crippen LogP contribution in [0.1, 0.15) is 12.8 Å². The van der Waals surface area contributed by atoms with Crippen molar-refractivity contribution in [2.75, 3.05) is 12.4 Å². The van der Waals surface area contributed by atoms with Gasteiger partial charge in [0.15, 0.2) is 0 Å². The molecule has 0 aromatic heterocycles. The number of aldehydes is 1. The summed E-state index contributed by atoms with van der Waals surface area (Å²) >= 11 is 1.63. The number of hydrogen-bond donors (Lipinski definition) is 1. The minimum absolute atomic E-state index is 0.157. The largest absolute Gasteiger partial charge is 0.464 e. The first-order chi connectivity index (χ1) is 11.2. The van der Waals surface area contributed by atoms with Crippen LogP contribution in [0.3, 0.4) is 0 Å². The standard InChI is InChI=1S/C17H19NO4S/c19-9-8-16(20)18-14-7-6-13(12-14)17(21)22-10-11-23-15-4-2-1-3-5-15/h1-7,9,13-14H,8,10-12H2,(H,18,20). The van der Waals surface area contributed by atoms with Crippen LogP contribution in [0, 0.1) is 5.92 Å². The van der Waals surface area contributed by atoms with E-state index in [2.05, 4.69) is 5.32 Å². The smallest absolute Gasteiger partial charge is 0.312 e. The van der Waals surface area contributed by atoms with E-state index < -0.39 is 0 Å². The summed E-state index contributed by atoms with van der Waals surface area (Å²) in [5.41, 5.74) is 0. The summed E-state index contributed by atoms with van der Waals surface area (Å²) in [6.07, 6.45) is 4.40. The predicted molar refractivity (Wildman–Crippen MR) is 88.0 cm³/mol. The van der Waals surface area contributed by atoms with Crippen LogP contribution in [0.15, 0.2) is 47.4 Å². The van der Waals surface area contributed by atoms with Crippen molar-refractivity contribution in [3.8, 4) is 0 Å². The molecule has 122 valence electrons. The fourth-order valence-corrected chi connectivity index (χ4v) is 3.00. The quantitative estimate of drug-likeness (QED) is 0.197. The minimum Gasteiger partial charge on any atom is -0.464 e. The van der Waals surface area contributed by atoms with Crippen molar-refractivity contribution in [1.82, 2.24) is 5.32 Å². The number of nitrogens with one attached hydrogen (secondary N) is 1. The number of benzene rings is 1. The van der Waals surface area contributed by atoms with Crippen LogP contribution < -0.4 is 5.32 Å². The monoisotopic (exact) mass is 333 g/mol. The Hall–Kier alpha value is -2.08. The van der Waals surface area contributed by atoms with Crippen LogP contribution in [0.4, 0.5) is 0 Å². The molecule has 0 saturated heterocycles. The lowest BCUT2D eigenvalue weighted by molar-refractivity contribution is -0.146. The van der Waals surface area contributed by atoms with Crippen LogP contribution in [-0.4, -0.2) is 36.6 Å². The number of rotatable bonds is 8. The van der Waals surface area contributed by atoms with E-state index in [-0.39, 0.29) is 30.3 Å². The Kier molecular flexibility index (Phi) is 6.87. The Morgan fingerprint density at radius 3 is 2.78 bits per heavy atom. The van der Waals surface area contributed by atoms with Gasteiger partial charge in [0, 0.05) is 16.7 Å². The number of hydrogen-bond acceptors (Lipinski definition) is 5. The van der Waals surface area contributed by atoms with E-state index >= 15 is 0 Å². The lowest BCUT2D eigenvalue weighted by atomic mass is 10.1. The van der Waals surface area contributed by atoms with Crippen LogP contribution in [0.25, 0.3) is 0 Å². The Labute approximate surface area is 139 Å². The molecule has 6 heteroatoms. The fourth-order valence-electron chi connectivity index (χ4n) is 2.25. The van der Waals surface area contributed by atoms with Gasteiger partial charge >= 0.3 is 5.97 Å². The zero-order valence-electron chi connectivity index (χ0n) is 12.6. The van der Waals surface area contributed by atoms with Gasteiger partial charge in [-0.05, 0) is 18.6 Å². The SMILES string of the molecule is O=CCC(=O)NC1C=CC(C(=O)OCCSc2ccccc2)C1. The van der Waals surface area contributed by atoms with Crippen molar-refractivity contribution in [3.05, 3.63) is 42.5 Å². The average Bonchev–Trinajstić information content (AvgIpc) is 3.01. The molecule has 1 aromatic rings. The van der Waals surface area contributed by atoms with E-state index in [1.54, 1.807) is 23.9 Å². The van der Waals surface area contributed by atoms with Gasteiger partial charge in [-0.1, -0.05) is 30.4 Å². The predicted octanol–water partition coefficient (Wildman–Crippen LogP) is 1.97. The molecule has 0 spiro atoms. The summed E-state index contributed by atoms with van der Waals surface area (Å²) in [6.45, 7) is 0.352. The highest BCUT2D eigenvalue weighted by Crippen LogP contribution is 2.20. The molecule has 1 aromatic carbocycles. The minimum atomic E-state index is -0.335. The molecule has 0 fully saturated rings. The molecule has 1 aliphatic carbocycles. The molecule has 5 nitrogen and oxygen atoms in total. The molecule has 0 radical (unpaired) electrons. The first kappa shape index (κ1) is 17.3. The number of amides is 1. The summed E-state index contributed by atoms with van der Waals surface area (Å²) < 4.78 is 5.27. The molecular formula is C17H19NO4S. The van der Waals surface area contributed by atoms with Crippen molar-refractivity contribution in [2.45, 2.75) is 23.8 Å². The first-order valence-corrected chi connectivity index (χ1v) is 8.43. The van der Waals surface area contributed by atoms with Gasteiger partial charge in [-0.15, -0.1) is 11.8 Å². The maximum absolute atomic E-state index is 12.0. The van der Waals surface area contributed by atoms with Crippen molar-refractivity contribution >= 4 is 29.9 Å². The van der Waals surface area contributed by atoms with Crippen LogP contribution in [0.2, 0.25) is 0 Å². The lowest BCUT2D eigenvalue weighted by Gasteiger charge is -2.13. The van der Waals surface area contributed by atoms with Crippen molar-refractivity contribution in [3.63, 3.8) is 0 Å². The number of carbonyl (C=O) groups is 3. The Balaban J connectivity index is 1.64. The molecule has 2 atom stereocenters. The third-order valence-electron chi connectivity index (χ3n) is 3.34. The van der Waals surface area contributed by atoms with Gasteiger partial charge in [0.25, 0.3) is 0 Å². The zero-order chi connectivity index (χ0) is 16.5. The zero-order valence-corrected chi connectivity index (χ0v) is 13.5. The van der Waals surface area contributed by atoms with Crippen molar-refractivity contribution in [1.29, 1.82) is 0 Å².